The van der Waals surface area contributed by atoms with Gasteiger partial charge < -0.3 is 4.74 Å². The monoisotopic (exact) mass is 202 g/mol. The molecular weight excluding hydrogens is 198 g/mol. The maximum Gasteiger partial charge on any atom is 0.310 e. The topological polar surface area (TPSA) is 26.3 Å². The van der Waals surface area contributed by atoms with Gasteiger partial charge in [-0.3, -0.25) is 4.79 Å². The van der Waals surface area contributed by atoms with Gasteiger partial charge in [0.25, 0.3) is 0 Å². The first kappa shape index (κ1) is 8.44. The molecule has 1 saturated heterocycles. The van der Waals surface area contributed by atoms with Gasteiger partial charge in [-0.05, 0) is 6.92 Å². The molecule has 0 saturated carbocycles. The zero-order chi connectivity index (χ0) is 7.99. The first-order valence-corrected chi connectivity index (χ1v) is 3.77. The maximum absolute atomic E-state index is 10.4. The molecule has 5 heteroatoms. The molecule has 0 aromatic heterocycles. The van der Waals surface area contributed by atoms with Gasteiger partial charge in [0, 0.05) is 0 Å². The molecule has 1 aliphatic rings. The summed E-state index contributed by atoms with van der Waals surface area (Å²) in [5.41, 5.74) is -0.922. The van der Waals surface area contributed by atoms with Gasteiger partial charge in [-0.2, -0.15) is 0 Å². The standard InChI is InChI=1S/C5H5Cl3O2/c1-4(5(6,7)8)2-3(9)10-4/h2H2,1H3/t4-/m0/s1. The summed E-state index contributed by atoms with van der Waals surface area (Å²) < 4.78 is 3.14. The molecule has 1 aliphatic heterocycles. The van der Waals surface area contributed by atoms with Crippen LogP contribution in [0.5, 0.6) is 0 Å². The Labute approximate surface area is 73.4 Å². The van der Waals surface area contributed by atoms with Crippen molar-refractivity contribution in [2.45, 2.75) is 22.7 Å². The fraction of sp³-hybridized carbons (Fsp3) is 0.800. The van der Waals surface area contributed by atoms with E-state index in [2.05, 4.69) is 4.74 Å². The first-order chi connectivity index (χ1) is 4.35. The number of rotatable bonds is 0. The highest BCUT2D eigenvalue weighted by atomic mass is 35.6. The Morgan fingerprint density at radius 3 is 2.10 bits per heavy atom. The van der Waals surface area contributed by atoms with Crippen molar-refractivity contribution in [3.8, 4) is 0 Å². The van der Waals surface area contributed by atoms with Crippen molar-refractivity contribution in [3.05, 3.63) is 0 Å². The highest BCUT2D eigenvalue weighted by Crippen LogP contribution is 2.47. The van der Waals surface area contributed by atoms with Crippen LogP contribution in [0.3, 0.4) is 0 Å². The number of ether oxygens (including phenoxy) is 1. The predicted octanol–water partition coefficient (Wildman–Crippen LogP) is 2.06. The molecule has 1 heterocycles. The average molecular weight is 203 g/mol. The van der Waals surface area contributed by atoms with Crippen molar-refractivity contribution >= 4 is 40.8 Å². The lowest BCUT2D eigenvalue weighted by atomic mass is 9.99. The number of halogens is 3. The summed E-state index contributed by atoms with van der Waals surface area (Å²) in [6, 6.07) is 0. The van der Waals surface area contributed by atoms with E-state index in [-0.39, 0.29) is 12.4 Å². The number of hydrogen-bond donors (Lipinski definition) is 0. The van der Waals surface area contributed by atoms with Crippen LogP contribution in [-0.4, -0.2) is 15.4 Å². The second-order valence-electron chi connectivity index (χ2n) is 2.38. The van der Waals surface area contributed by atoms with Gasteiger partial charge in [-0.1, -0.05) is 34.8 Å². The first-order valence-electron chi connectivity index (χ1n) is 2.64. The van der Waals surface area contributed by atoms with Crippen LogP contribution in [0.4, 0.5) is 0 Å². The molecule has 0 aromatic rings. The molecule has 0 N–H and O–H groups in total. The molecule has 1 fully saturated rings. The fourth-order valence-electron chi connectivity index (χ4n) is 0.676. The number of carbonyl (C=O) groups excluding carboxylic acids is 1. The molecule has 58 valence electrons. The van der Waals surface area contributed by atoms with Crippen molar-refractivity contribution in [2.75, 3.05) is 0 Å². The fourth-order valence-corrected chi connectivity index (χ4v) is 0.993. The molecule has 0 radical (unpaired) electrons. The maximum atomic E-state index is 10.4. The second kappa shape index (κ2) is 2.16. The summed E-state index contributed by atoms with van der Waals surface area (Å²) in [6.07, 6.45) is 0.170. The summed E-state index contributed by atoms with van der Waals surface area (Å²) in [6.45, 7) is 1.58. The molecular formula is C5H5Cl3O2. The minimum Gasteiger partial charge on any atom is -0.454 e. The summed E-state index contributed by atoms with van der Waals surface area (Å²) >= 11 is 16.5. The van der Waals surface area contributed by atoms with Crippen molar-refractivity contribution in [1.82, 2.24) is 0 Å². The Balaban J connectivity index is 2.65. The van der Waals surface area contributed by atoms with E-state index in [0.29, 0.717) is 0 Å². The van der Waals surface area contributed by atoms with Gasteiger partial charge >= 0.3 is 5.97 Å². The van der Waals surface area contributed by atoms with E-state index in [1.54, 1.807) is 6.92 Å². The van der Waals surface area contributed by atoms with Gasteiger partial charge in [0.2, 0.25) is 3.79 Å². The lowest BCUT2D eigenvalue weighted by molar-refractivity contribution is -0.186. The third kappa shape index (κ3) is 1.20. The van der Waals surface area contributed by atoms with Gasteiger partial charge in [0.1, 0.15) is 0 Å². The van der Waals surface area contributed by atoms with Gasteiger partial charge in [0.15, 0.2) is 5.60 Å². The van der Waals surface area contributed by atoms with Gasteiger partial charge in [-0.15, -0.1) is 0 Å². The molecule has 1 rings (SSSR count). The highest BCUT2D eigenvalue weighted by molar-refractivity contribution is 6.68. The third-order valence-electron chi connectivity index (χ3n) is 1.42. The predicted molar refractivity (Wildman–Crippen MR) is 39.4 cm³/mol. The van der Waals surface area contributed by atoms with E-state index in [4.69, 9.17) is 34.8 Å². The Hall–Kier alpha value is 0.340. The van der Waals surface area contributed by atoms with E-state index < -0.39 is 9.39 Å². The van der Waals surface area contributed by atoms with Gasteiger partial charge in [-0.25, -0.2) is 0 Å². The summed E-state index contributed by atoms with van der Waals surface area (Å²) in [5.74, 6) is -0.325. The van der Waals surface area contributed by atoms with Crippen LogP contribution in [0.15, 0.2) is 0 Å². The molecule has 0 spiro atoms. The molecule has 1 atom stereocenters. The number of alkyl halides is 3. The second-order valence-corrected chi connectivity index (χ2v) is 4.66. The van der Waals surface area contributed by atoms with Gasteiger partial charge in [0.05, 0.1) is 6.42 Å². The van der Waals surface area contributed by atoms with E-state index in [1.165, 1.54) is 0 Å². The lowest BCUT2D eigenvalue weighted by Crippen LogP contribution is -2.54. The molecule has 0 unspecified atom stereocenters. The number of esters is 1. The van der Waals surface area contributed by atoms with E-state index in [1.807, 2.05) is 0 Å². The number of hydrogen-bond acceptors (Lipinski definition) is 2. The lowest BCUT2D eigenvalue weighted by Gasteiger charge is -2.41. The van der Waals surface area contributed by atoms with Crippen molar-refractivity contribution in [1.29, 1.82) is 0 Å². The Morgan fingerprint density at radius 2 is 2.00 bits per heavy atom. The number of cyclic esters (lactones) is 1. The van der Waals surface area contributed by atoms with Crippen LogP contribution in [0.2, 0.25) is 0 Å². The smallest absolute Gasteiger partial charge is 0.310 e. The van der Waals surface area contributed by atoms with Crippen molar-refractivity contribution in [3.63, 3.8) is 0 Å². The molecule has 0 amide bonds. The van der Waals surface area contributed by atoms with Crippen LogP contribution in [0.25, 0.3) is 0 Å². The third-order valence-corrected chi connectivity index (χ3v) is 2.62. The summed E-state index contributed by atoms with van der Waals surface area (Å²) in [4.78, 5) is 10.4. The zero-order valence-corrected chi connectivity index (χ0v) is 7.43. The molecule has 10 heavy (non-hydrogen) atoms. The van der Waals surface area contributed by atoms with Crippen LogP contribution < -0.4 is 0 Å². The zero-order valence-electron chi connectivity index (χ0n) is 5.16. The van der Waals surface area contributed by atoms with Crippen molar-refractivity contribution < 1.29 is 9.53 Å². The van der Waals surface area contributed by atoms with E-state index in [0.717, 1.165) is 0 Å². The number of carbonyl (C=O) groups is 1. The molecule has 0 aromatic carbocycles. The SMILES string of the molecule is C[C@@]1(C(Cl)(Cl)Cl)CC(=O)O1. The Kier molecular flexibility index (Phi) is 1.82. The van der Waals surface area contributed by atoms with Crippen molar-refractivity contribution in [2.24, 2.45) is 0 Å². The molecule has 0 bridgehead atoms. The minimum atomic E-state index is -1.51. The van der Waals surface area contributed by atoms with Crippen LogP contribution in [-0.2, 0) is 9.53 Å². The van der Waals surface area contributed by atoms with E-state index in [9.17, 15) is 4.79 Å². The summed E-state index contributed by atoms with van der Waals surface area (Å²) in [5, 5.41) is 0. The van der Waals surface area contributed by atoms with Crippen LogP contribution >= 0.6 is 34.8 Å². The van der Waals surface area contributed by atoms with E-state index >= 15 is 0 Å². The summed E-state index contributed by atoms with van der Waals surface area (Å²) in [7, 11) is 0. The Bertz CT molecular complexity index is 164. The minimum absolute atomic E-state index is 0.170. The Morgan fingerprint density at radius 1 is 1.60 bits per heavy atom. The highest BCUT2D eigenvalue weighted by Gasteiger charge is 2.56. The average Bonchev–Trinajstić information content (AvgIpc) is 1.58. The molecule has 2 nitrogen and oxygen atoms in total. The quantitative estimate of drug-likeness (QED) is 0.445. The normalized spacial score (nSPS) is 33.0. The van der Waals surface area contributed by atoms with Crippen LogP contribution in [0, 0.1) is 0 Å². The largest absolute Gasteiger partial charge is 0.454 e. The molecule has 0 aliphatic carbocycles. The van der Waals surface area contributed by atoms with Crippen LogP contribution in [0.1, 0.15) is 13.3 Å².